The highest BCUT2D eigenvalue weighted by Gasteiger charge is 2.20. The fourth-order valence-corrected chi connectivity index (χ4v) is 3.80. The quantitative estimate of drug-likeness (QED) is 0.505. The number of rotatable bonds is 9. The number of amides is 2. The number of carbonyl (C=O) groups excluding carboxylic acids is 2. The van der Waals surface area contributed by atoms with Crippen molar-refractivity contribution in [2.24, 2.45) is 0 Å². The third-order valence-corrected chi connectivity index (χ3v) is 5.59. The number of nitrogens with zero attached hydrogens (tertiary/aromatic N) is 3. The van der Waals surface area contributed by atoms with Gasteiger partial charge >= 0.3 is 0 Å². The standard InChI is InChI=1S/C26H32N4O2/c1-5-29(6-2)24(31)13-10-16-27-26(32)23-18-30(21-11-8-7-9-12-21)28-25(23)22-15-14-19(3)17-20(22)4/h7-9,11-12,14-15,17-18H,5-6,10,13,16H2,1-4H3,(H,27,32). The molecule has 6 nitrogen and oxygen atoms in total. The molecular weight excluding hydrogens is 400 g/mol. The number of hydrogen-bond donors (Lipinski definition) is 1. The molecule has 0 unspecified atom stereocenters. The molecule has 32 heavy (non-hydrogen) atoms. The van der Waals surface area contributed by atoms with Crippen molar-refractivity contribution in [2.75, 3.05) is 19.6 Å². The molecular formula is C26H32N4O2. The molecule has 0 radical (unpaired) electrons. The molecule has 1 heterocycles. The van der Waals surface area contributed by atoms with Crippen LogP contribution in [0.2, 0.25) is 0 Å². The first-order valence-corrected chi connectivity index (χ1v) is 11.2. The lowest BCUT2D eigenvalue weighted by atomic mass is 10.0. The maximum atomic E-state index is 13.1. The van der Waals surface area contributed by atoms with E-state index in [9.17, 15) is 9.59 Å². The van der Waals surface area contributed by atoms with Crippen LogP contribution in [0.25, 0.3) is 16.9 Å². The molecule has 2 amide bonds. The number of hydrogen-bond acceptors (Lipinski definition) is 3. The van der Waals surface area contributed by atoms with E-state index in [4.69, 9.17) is 5.10 Å². The predicted molar refractivity (Wildman–Crippen MR) is 128 cm³/mol. The van der Waals surface area contributed by atoms with Gasteiger partial charge in [0.1, 0.15) is 5.69 Å². The third-order valence-electron chi connectivity index (χ3n) is 5.59. The van der Waals surface area contributed by atoms with Gasteiger partial charge < -0.3 is 10.2 Å². The van der Waals surface area contributed by atoms with E-state index in [1.165, 1.54) is 0 Å². The van der Waals surface area contributed by atoms with E-state index in [0.717, 1.165) is 22.4 Å². The van der Waals surface area contributed by atoms with Crippen molar-refractivity contribution < 1.29 is 9.59 Å². The Morgan fingerprint density at radius 2 is 1.75 bits per heavy atom. The van der Waals surface area contributed by atoms with E-state index in [2.05, 4.69) is 11.4 Å². The molecule has 0 spiro atoms. The lowest BCUT2D eigenvalue weighted by Crippen LogP contribution is -2.31. The summed E-state index contributed by atoms with van der Waals surface area (Å²) in [6.07, 6.45) is 2.81. The van der Waals surface area contributed by atoms with Crippen molar-refractivity contribution in [3.8, 4) is 16.9 Å². The fourth-order valence-electron chi connectivity index (χ4n) is 3.80. The third kappa shape index (κ3) is 5.44. The first kappa shape index (κ1) is 23.3. The Balaban J connectivity index is 1.80. The monoisotopic (exact) mass is 432 g/mol. The van der Waals surface area contributed by atoms with Gasteiger partial charge in [-0.15, -0.1) is 0 Å². The Hall–Kier alpha value is -3.41. The summed E-state index contributed by atoms with van der Waals surface area (Å²) in [6.45, 7) is 9.88. The zero-order chi connectivity index (χ0) is 23.1. The highest BCUT2D eigenvalue weighted by Crippen LogP contribution is 2.27. The molecule has 0 aliphatic rings. The molecule has 0 saturated heterocycles. The average molecular weight is 433 g/mol. The van der Waals surface area contributed by atoms with Crippen molar-refractivity contribution in [2.45, 2.75) is 40.5 Å². The number of nitrogens with one attached hydrogen (secondary N) is 1. The zero-order valence-corrected chi connectivity index (χ0v) is 19.4. The average Bonchev–Trinajstić information content (AvgIpc) is 3.23. The molecule has 0 fully saturated rings. The number of benzene rings is 2. The fraction of sp³-hybridized carbons (Fsp3) is 0.346. The minimum absolute atomic E-state index is 0.122. The highest BCUT2D eigenvalue weighted by atomic mass is 16.2. The molecule has 0 atom stereocenters. The number of aromatic nitrogens is 2. The van der Waals surface area contributed by atoms with Crippen LogP contribution in [0.4, 0.5) is 0 Å². The van der Waals surface area contributed by atoms with E-state index >= 15 is 0 Å². The zero-order valence-electron chi connectivity index (χ0n) is 19.4. The van der Waals surface area contributed by atoms with Crippen molar-refractivity contribution >= 4 is 11.8 Å². The second-order valence-corrected chi connectivity index (χ2v) is 7.92. The van der Waals surface area contributed by atoms with Crippen molar-refractivity contribution in [3.63, 3.8) is 0 Å². The van der Waals surface area contributed by atoms with Crippen LogP contribution >= 0.6 is 0 Å². The second-order valence-electron chi connectivity index (χ2n) is 7.92. The lowest BCUT2D eigenvalue weighted by molar-refractivity contribution is -0.130. The van der Waals surface area contributed by atoms with Crippen LogP contribution in [-0.2, 0) is 4.79 Å². The van der Waals surface area contributed by atoms with E-state index in [1.54, 1.807) is 10.9 Å². The van der Waals surface area contributed by atoms with Crippen molar-refractivity contribution in [1.82, 2.24) is 20.0 Å². The van der Waals surface area contributed by atoms with Gasteiger partial charge in [-0.1, -0.05) is 42.0 Å². The van der Waals surface area contributed by atoms with Gasteiger partial charge in [-0.2, -0.15) is 5.10 Å². The smallest absolute Gasteiger partial charge is 0.255 e. The van der Waals surface area contributed by atoms with Gasteiger partial charge in [0.25, 0.3) is 5.91 Å². The number of para-hydroxylation sites is 1. The Bertz CT molecular complexity index is 1070. The molecule has 0 aliphatic carbocycles. The predicted octanol–water partition coefficient (Wildman–Crippen LogP) is 4.53. The van der Waals surface area contributed by atoms with Crippen molar-refractivity contribution in [1.29, 1.82) is 0 Å². The van der Waals surface area contributed by atoms with Gasteiger partial charge in [-0.05, 0) is 51.8 Å². The summed E-state index contributed by atoms with van der Waals surface area (Å²) in [6, 6.07) is 15.9. The molecule has 1 N–H and O–H groups in total. The van der Waals surface area contributed by atoms with Gasteiger partial charge in [0.2, 0.25) is 5.91 Å². The SMILES string of the molecule is CCN(CC)C(=O)CCCNC(=O)c1cn(-c2ccccc2)nc1-c1ccc(C)cc1C. The second kappa shape index (κ2) is 10.8. The Labute approximate surface area is 190 Å². The Morgan fingerprint density at radius 1 is 1.03 bits per heavy atom. The molecule has 3 aromatic rings. The molecule has 0 bridgehead atoms. The lowest BCUT2D eigenvalue weighted by Gasteiger charge is -2.18. The Kier molecular flexibility index (Phi) is 7.82. The van der Waals surface area contributed by atoms with Crippen LogP contribution in [0.1, 0.15) is 48.2 Å². The topological polar surface area (TPSA) is 67.2 Å². The summed E-state index contributed by atoms with van der Waals surface area (Å²) in [5.41, 5.74) is 5.24. The number of aryl methyl sites for hydroxylation is 2. The van der Waals surface area contributed by atoms with Gasteiger partial charge in [-0.25, -0.2) is 4.68 Å². The van der Waals surface area contributed by atoms with Crippen molar-refractivity contribution in [3.05, 3.63) is 71.4 Å². The largest absolute Gasteiger partial charge is 0.352 e. The molecule has 0 saturated carbocycles. The summed E-state index contributed by atoms with van der Waals surface area (Å²) in [7, 11) is 0. The molecule has 0 aliphatic heterocycles. The molecule has 3 rings (SSSR count). The summed E-state index contributed by atoms with van der Waals surface area (Å²) in [5, 5.41) is 7.73. The van der Waals surface area contributed by atoms with E-state index in [-0.39, 0.29) is 11.8 Å². The summed E-state index contributed by atoms with van der Waals surface area (Å²) < 4.78 is 1.74. The normalized spacial score (nSPS) is 10.8. The van der Waals surface area contributed by atoms with Gasteiger partial charge in [0, 0.05) is 37.8 Å². The molecule has 1 aromatic heterocycles. The van der Waals surface area contributed by atoms with Gasteiger partial charge in [-0.3, -0.25) is 9.59 Å². The van der Waals surface area contributed by atoms with Crippen LogP contribution in [0.5, 0.6) is 0 Å². The summed E-state index contributed by atoms with van der Waals surface area (Å²) >= 11 is 0. The number of carbonyl (C=O) groups is 2. The van der Waals surface area contributed by atoms with Crippen LogP contribution in [0, 0.1) is 13.8 Å². The maximum Gasteiger partial charge on any atom is 0.255 e. The van der Waals surface area contributed by atoms with Crippen LogP contribution in [0.15, 0.2) is 54.7 Å². The minimum atomic E-state index is -0.183. The first-order valence-electron chi connectivity index (χ1n) is 11.2. The van der Waals surface area contributed by atoms with Crippen LogP contribution in [-0.4, -0.2) is 46.1 Å². The maximum absolute atomic E-state index is 13.1. The van der Waals surface area contributed by atoms with Crippen LogP contribution < -0.4 is 5.32 Å². The van der Waals surface area contributed by atoms with Crippen LogP contribution in [0.3, 0.4) is 0 Å². The molecule has 6 heteroatoms. The van der Waals surface area contributed by atoms with E-state index < -0.39 is 0 Å². The van der Waals surface area contributed by atoms with Gasteiger partial charge in [0.15, 0.2) is 0 Å². The summed E-state index contributed by atoms with van der Waals surface area (Å²) in [5.74, 6) is -0.0606. The van der Waals surface area contributed by atoms with E-state index in [1.807, 2.05) is 75.1 Å². The highest BCUT2D eigenvalue weighted by molar-refractivity contribution is 6.00. The molecule has 2 aromatic carbocycles. The Morgan fingerprint density at radius 3 is 2.41 bits per heavy atom. The van der Waals surface area contributed by atoms with E-state index in [0.29, 0.717) is 43.7 Å². The summed E-state index contributed by atoms with van der Waals surface area (Å²) in [4.78, 5) is 27.1. The minimum Gasteiger partial charge on any atom is -0.352 e. The first-order chi connectivity index (χ1) is 15.4. The van der Waals surface area contributed by atoms with Gasteiger partial charge in [0.05, 0.1) is 11.3 Å². The molecule has 168 valence electrons.